The van der Waals surface area contributed by atoms with E-state index >= 15 is 0 Å². The molecule has 1 aliphatic carbocycles. The molecule has 0 aliphatic heterocycles. The molecule has 2 rings (SSSR count). The third-order valence-electron chi connectivity index (χ3n) is 3.63. The Morgan fingerprint density at radius 3 is 3.12 bits per heavy atom. The van der Waals surface area contributed by atoms with Gasteiger partial charge in [-0.1, -0.05) is 19.8 Å². The number of thiazole rings is 1. The van der Waals surface area contributed by atoms with Gasteiger partial charge >= 0.3 is 0 Å². The molecule has 0 amide bonds. The largest absolute Gasteiger partial charge is 0.324 e. The Hall–Kier alpha value is -0.450. The zero-order valence-corrected chi connectivity index (χ0v) is 11.7. The number of rotatable bonds is 4. The molecule has 0 bridgehead atoms. The zero-order valence-electron chi connectivity index (χ0n) is 10.9. The summed E-state index contributed by atoms with van der Waals surface area (Å²) in [6.07, 6.45) is 4.95. The average Bonchev–Trinajstić information content (AvgIpc) is 2.68. The molecule has 0 radical (unpaired) electrons. The molecule has 1 saturated carbocycles. The van der Waals surface area contributed by atoms with Crippen LogP contribution in [-0.2, 0) is 6.54 Å². The second-order valence-corrected chi connectivity index (χ2v) is 6.43. The van der Waals surface area contributed by atoms with Gasteiger partial charge in [-0.05, 0) is 25.8 Å². The standard InChI is InChI=1S/C13H23N3S/c1-11-4-3-5-13(14,6-11)9-16(2)7-12-8-17-10-15-12/h8,10-11H,3-7,9,14H2,1-2H3. The van der Waals surface area contributed by atoms with Crippen molar-refractivity contribution in [2.45, 2.75) is 44.7 Å². The lowest BCUT2D eigenvalue weighted by atomic mass is 9.77. The molecule has 1 fully saturated rings. The smallest absolute Gasteiger partial charge is 0.0795 e. The van der Waals surface area contributed by atoms with Gasteiger partial charge in [-0.3, -0.25) is 4.90 Å². The maximum absolute atomic E-state index is 6.52. The van der Waals surface area contributed by atoms with E-state index in [0.29, 0.717) is 0 Å². The van der Waals surface area contributed by atoms with Crippen molar-refractivity contribution in [3.63, 3.8) is 0 Å². The average molecular weight is 253 g/mol. The SMILES string of the molecule is CC1CCCC(N)(CN(C)Cc2cscn2)C1. The van der Waals surface area contributed by atoms with Crippen molar-refractivity contribution in [1.82, 2.24) is 9.88 Å². The van der Waals surface area contributed by atoms with Crippen LogP contribution >= 0.6 is 11.3 Å². The summed E-state index contributed by atoms with van der Waals surface area (Å²) in [7, 11) is 2.15. The molecule has 1 aromatic rings. The van der Waals surface area contributed by atoms with Gasteiger partial charge in [0.05, 0.1) is 11.2 Å². The fourth-order valence-electron chi connectivity index (χ4n) is 3.03. The van der Waals surface area contributed by atoms with E-state index in [0.717, 1.165) is 31.1 Å². The Kier molecular flexibility index (Phi) is 4.17. The van der Waals surface area contributed by atoms with E-state index in [1.165, 1.54) is 19.3 Å². The van der Waals surface area contributed by atoms with Gasteiger partial charge in [-0.15, -0.1) is 11.3 Å². The summed E-state index contributed by atoms with van der Waals surface area (Å²) in [5, 5.41) is 2.11. The van der Waals surface area contributed by atoms with Crippen molar-refractivity contribution >= 4 is 11.3 Å². The van der Waals surface area contributed by atoms with Gasteiger partial charge in [0.2, 0.25) is 0 Å². The number of likely N-dealkylation sites (N-methyl/N-ethyl adjacent to an activating group) is 1. The van der Waals surface area contributed by atoms with Crippen LogP contribution in [0, 0.1) is 5.92 Å². The Morgan fingerprint density at radius 2 is 2.47 bits per heavy atom. The molecule has 17 heavy (non-hydrogen) atoms. The van der Waals surface area contributed by atoms with Crippen molar-refractivity contribution in [2.75, 3.05) is 13.6 Å². The third-order valence-corrected chi connectivity index (χ3v) is 4.26. The second kappa shape index (κ2) is 5.46. The van der Waals surface area contributed by atoms with Gasteiger partial charge in [0.25, 0.3) is 0 Å². The highest BCUT2D eigenvalue weighted by Gasteiger charge is 2.31. The fraction of sp³-hybridized carbons (Fsp3) is 0.769. The Bertz CT molecular complexity index is 338. The van der Waals surface area contributed by atoms with Gasteiger partial charge in [0.1, 0.15) is 0 Å². The number of hydrogen-bond donors (Lipinski definition) is 1. The molecule has 2 N–H and O–H groups in total. The van der Waals surface area contributed by atoms with E-state index in [1.807, 2.05) is 5.51 Å². The molecular weight excluding hydrogens is 230 g/mol. The maximum Gasteiger partial charge on any atom is 0.0795 e. The Morgan fingerprint density at radius 1 is 1.65 bits per heavy atom. The molecule has 2 atom stereocenters. The molecule has 4 heteroatoms. The van der Waals surface area contributed by atoms with Crippen molar-refractivity contribution in [2.24, 2.45) is 11.7 Å². The minimum Gasteiger partial charge on any atom is -0.324 e. The van der Waals surface area contributed by atoms with Gasteiger partial charge in [0.15, 0.2) is 0 Å². The normalized spacial score (nSPS) is 29.8. The number of aromatic nitrogens is 1. The van der Waals surface area contributed by atoms with E-state index < -0.39 is 0 Å². The van der Waals surface area contributed by atoms with Crippen LogP contribution in [0.5, 0.6) is 0 Å². The summed E-state index contributed by atoms with van der Waals surface area (Å²) in [6, 6.07) is 0. The monoisotopic (exact) mass is 253 g/mol. The topological polar surface area (TPSA) is 42.1 Å². The van der Waals surface area contributed by atoms with E-state index in [2.05, 4.69) is 29.2 Å². The predicted octanol–water partition coefficient (Wildman–Crippen LogP) is 2.48. The number of nitrogens with two attached hydrogens (primary N) is 1. The minimum absolute atomic E-state index is 0.0163. The van der Waals surface area contributed by atoms with Crippen LogP contribution in [0.3, 0.4) is 0 Å². The Labute approximate surface area is 108 Å². The zero-order chi connectivity index (χ0) is 12.3. The van der Waals surface area contributed by atoms with Crippen LogP contribution < -0.4 is 5.73 Å². The van der Waals surface area contributed by atoms with Gasteiger partial charge in [0, 0.05) is 24.0 Å². The van der Waals surface area contributed by atoms with Crippen LogP contribution in [0.15, 0.2) is 10.9 Å². The lowest BCUT2D eigenvalue weighted by Gasteiger charge is -2.39. The molecule has 1 aliphatic rings. The number of hydrogen-bond acceptors (Lipinski definition) is 4. The lowest BCUT2D eigenvalue weighted by Crippen LogP contribution is -2.51. The summed E-state index contributed by atoms with van der Waals surface area (Å²) < 4.78 is 0. The van der Waals surface area contributed by atoms with Crippen LogP contribution in [-0.4, -0.2) is 29.0 Å². The van der Waals surface area contributed by atoms with E-state index in [1.54, 1.807) is 11.3 Å². The predicted molar refractivity (Wildman–Crippen MR) is 73.0 cm³/mol. The summed E-state index contributed by atoms with van der Waals surface area (Å²) in [4.78, 5) is 6.64. The minimum atomic E-state index is 0.0163. The highest BCUT2D eigenvalue weighted by atomic mass is 32.1. The van der Waals surface area contributed by atoms with E-state index in [4.69, 9.17) is 5.73 Å². The van der Waals surface area contributed by atoms with Crippen LogP contribution in [0.1, 0.15) is 38.3 Å². The molecule has 1 heterocycles. The van der Waals surface area contributed by atoms with Crippen molar-refractivity contribution in [3.05, 3.63) is 16.6 Å². The first kappa shape index (κ1) is 13.0. The van der Waals surface area contributed by atoms with Crippen LogP contribution in [0.4, 0.5) is 0 Å². The molecule has 3 nitrogen and oxygen atoms in total. The van der Waals surface area contributed by atoms with Crippen molar-refractivity contribution in [1.29, 1.82) is 0 Å². The van der Waals surface area contributed by atoms with Gasteiger partial charge in [-0.2, -0.15) is 0 Å². The first-order valence-corrected chi connectivity index (χ1v) is 7.36. The van der Waals surface area contributed by atoms with Crippen LogP contribution in [0.2, 0.25) is 0 Å². The second-order valence-electron chi connectivity index (χ2n) is 5.72. The van der Waals surface area contributed by atoms with Crippen molar-refractivity contribution in [3.8, 4) is 0 Å². The van der Waals surface area contributed by atoms with Crippen LogP contribution in [0.25, 0.3) is 0 Å². The highest BCUT2D eigenvalue weighted by Crippen LogP contribution is 2.31. The fourth-order valence-corrected chi connectivity index (χ4v) is 3.58. The molecule has 0 aromatic carbocycles. The van der Waals surface area contributed by atoms with E-state index in [-0.39, 0.29) is 5.54 Å². The van der Waals surface area contributed by atoms with Gasteiger partial charge < -0.3 is 5.73 Å². The quantitative estimate of drug-likeness (QED) is 0.896. The van der Waals surface area contributed by atoms with E-state index in [9.17, 15) is 0 Å². The number of nitrogens with zero attached hydrogens (tertiary/aromatic N) is 2. The summed E-state index contributed by atoms with van der Waals surface area (Å²) >= 11 is 1.66. The molecule has 2 unspecified atom stereocenters. The maximum atomic E-state index is 6.52. The summed E-state index contributed by atoms with van der Waals surface area (Å²) in [5.41, 5.74) is 9.59. The molecular formula is C13H23N3S. The first-order chi connectivity index (χ1) is 8.07. The first-order valence-electron chi connectivity index (χ1n) is 6.42. The van der Waals surface area contributed by atoms with Gasteiger partial charge in [-0.25, -0.2) is 4.98 Å². The molecule has 0 spiro atoms. The third kappa shape index (κ3) is 3.76. The van der Waals surface area contributed by atoms with Crippen molar-refractivity contribution < 1.29 is 0 Å². The lowest BCUT2D eigenvalue weighted by molar-refractivity contribution is 0.164. The summed E-state index contributed by atoms with van der Waals surface area (Å²) in [5.74, 6) is 0.779. The highest BCUT2D eigenvalue weighted by molar-refractivity contribution is 7.07. The Balaban J connectivity index is 1.86. The molecule has 0 saturated heterocycles. The molecule has 96 valence electrons. The summed E-state index contributed by atoms with van der Waals surface area (Å²) in [6.45, 7) is 4.22. The molecule has 1 aromatic heterocycles.